The second-order valence-corrected chi connectivity index (χ2v) is 10.1. The molecule has 2 fully saturated rings. The van der Waals surface area contributed by atoms with E-state index in [0.717, 1.165) is 76.3 Å². The Bertz CT molecular complexity index is 561. The fourth-order valence-electron chi connectivity index (χ4n) is 4.30. The maximum atomic E-state index is 12.3. The van der Waals surface area contributed by atoms with Gasteiger partial charge < -0.3 is 15.5 Å². The molecule has 4 atom stereocenters. The van der Waals surface area contributed by atoms with Crippen molar-refractivity contribution < 1.29 is 9.00 Å². The maximum Gasteiger partial charge on any atom is 0.239 e. The van der Waals surface area contributed by atoms with Gasteiger partial charge in [0.2, 0.25) is 5.91 Å². The SMILES string of the molecule is CCS(=O)C1CCCC(NC(=NC)NCCCN2CCCC2C(=O)N(C)C)C1.I. The van der Waals surface area contributed by atoms with Crippen molar-refractivity contribution in [1.82, 2.24) is 20.4 Å². The number of hydrogen-bond donors (Lipinski definition) is 2. The van der Waals surface area contributed by atoms with Crippen LogP contribution in [0.1, 0.15) is 51.9 Å². The van der Waals surface area contributed by atoms with Crippen molar-refractivity contribution in [3.63, 3.8) is 0 Å². The van der Waals surface area contributed by atoms with Crippen LogP contribution >= 0.6 is 24.0 Å². The molecule has 2 N–H and O–H groups in total. The molecule has 1 aliphatic carbocycles. The zero-order valence-corrected chi connectivity index (χ0v) is 21.6. The van der Waals surface area contributed by atoms with E-state index in [-0.39, 0.29) is 35.9 Å². The molecule has 9 heteroatoms. The number of hydrogen-bond acceptors (Lipinski definition) is 4. The first-order valence-corrected chi connectivity index (χ1v) is 12.1. The molecule has 0 aromatic carbocycles. The number of carbonyl (C=O) groups excluding carboxylic acids is 1. The summed E-state index contributed by atoms with van der Waals surface area (Å²) < 4.78 is 12.1. The van der Waals surface area contributed by atoms with E-state index in [9.17, 15) is 9.00 Å². The van der Waals surface area contributed by atoms with E-state index >= 15 is 0 Å². The van der Waals surface area contributed by atoms with Gasteiger partial charge in [0.05, 0.1) is 6.04 Å². The first-order chi connectivity index (χ1) is 13.5. The molecule has 2 aliphatic rings. The zero-order valence-electron chi connectivity index (χ0n) is 18.5. The summed E-state index contributed by atoms with van der Waals surface area (Å²) in [6, 6.07) is 0.396. The third-order valence-corrected chi connectivity index (χ3v) is 7.59. The van der Waals surface area contributed by atoms with Crippen molar-refractivity contribution in [3.8, 4) is 0 Å². The van der Waals surface area contributed by atoms with Gasteiger partial charge >= 0.3 is 0 Å². The van der Waals surface area contributed by atoms with E-state index < -0.39 is 10.8 Å². The van der Waals surface area contributed by atoms with Crippen molar-refractivity contribution in [2.24, 2.45) is 4.99 Å². The van der Waals surface area contributed by atoms with Crippen molar-refractivity contribution in [2.75, 3.05) is 46.5 Å². The molecular weight excluding hydrogens is 501 g/mol. The van der Waals surface area contributed by atoms with Crippen molar-refractivity contribution >= 4 is 46.6 Å². The molecule has 1 amide bonds. The van der Waals surface area contributed by atoms with Gasteiger partial charge in [0, 0.05) is 62.1 Å². The highest BCUT2D eigenvalue weighted by atomic mass is 127. The molecule has 1 saturated carbocycles. The first kappa shape index (κ1) is 26.6. The first-order valence-electron chi connectivity index (χ1n) is 10.8. The Labute approximate surface area is 196 Å². The van der Waals surface area contributed by atoms with Crippen LogP contribution < -0.4 is 10.6 Å². The summed E-state index contributed by atoms with van der Waals surface area (Å²) >= 11 is 0. The molecule has 7 nitrogen and oxygen atoms in total. The van der Waals surface area contributed by atoms with Gasteiger partial charge in [0.25, 0.3) is 0 Å². The number of carbonyl (C=O) groups is 1. The van der Waals surface area contributed by atoms with Crippen LogP contribution in [0.15, 0.2) is 4.99 Å². The highest BCUT2D eigenvalue weighted by molar-refractivity contribution is 14.0. The minimum Gasteiger partial charge on any atom is -0.356 e. The summed E-state index contributed by atoms with van der Waals surface area (Å²) in [5.41, 5.74) is 0. The van der Waals surface area contributed by atoms with E-state index in [1.807, 2.05) is 21.0 Å². The number of nitrogens with zero attached hydrogens (tertiary/aromatic N) is 3. The Kier molecular flexibility index (Phi) is 12.7. The minimum absolute atomic E-state index is 0. The highest BCUT2D eigenvalue weighted by Crippen LogP contribution is 2.23. The highest BCUT2D eigenvalue weighted by Gasteiger charge is 2.31. The van der Waals surface area contributed by atoms with E-state index in [0.29, 0.717) is 11.3 Å². The predicted molar refractivity (Wildman–Crippen MR) is 133 cm³/mol. The fourth-order valence-corrected chi connectivity index (χ4v) is 5.65. The van der Waals surface area contributed by atoms with Gasteiger partial charge in [0.1, 0.15) is 0 Å². The van der Waals surface area contributed by atoms with E-state index in [4.69, 9.17) is 0 Å². The number of likely N-dealkylation sites (tertiary alicyclic amines) is 1. The van der Waals surface area contributed by atoms with Gasteiger partial charge in [-0.15, -0.1) is 24.0 Å². The van der Waals surface area contributed by atoms with Crippen LogP contribution in [0.4, 0.5) is 0 Å². The maximum absolute atomic E-state index is 12.3. The second kappa shape index (κ2) is 13.8. The number of rotatable bonds is 8. The Morgan fingerprint density at radius 1 is 1.24 bits per heavy atom. The fraction of sp³-hybridized carbons (Fsp3) is 0.900. The van der Waals surface area contributed by atoms with Gasteiger partial charge in [-0.25, -0.2) is 0 Å². The minimum atomic E-state index is -0.707. The van der Waals surface area contributed by atoms with Crippen LogP contribution in [-0.2, 0) is 15.6 Å². The average molecular weight is 542 g/mol. The smallest absolute Gasteiger partial charge is 0.239 e. The summed E-state index contributed by atoms with van der Waals surface area (Å²) in [6.07, 6.45) is 7.32. The summed E-state index contributed by atoms with van der Waals surface area (Å²) in [6.45, 7) is 4.77. The number of guanidine groups is 1. The summed E-state index contributed by atoms with van der Waals surface area (Å²) in [5, 5.41) is 7.24. The Balaban J connectivity index is 0.00000420. The van der Waals surface area contributed by atoms with Crippen LogP contribution in [0.3, 0.4) is 0 Å². The quantitative estimate of drug-likeness (QED) is 0.212. The van der Waals surface area contributed by atoms with Crippen molar-refractivity contribution in [1.29, 1.82) is 0 Å². The van der Waals surface area contributed by atoms with Gasteiger partial charge in [-0.05, 0) is 45.1 Å². The van der Waals surface area contributed by atoms with Gasteiger partial charge in [0.15, 0.2) is 5.96 Å². The summed E-state index contributed by atoms with van der Waals surface area (Å²) in [7, 11) is 4.76. The van der Waals surface area contributed by atoms with Crippen LogP contribution in [0, 0.1) is 0 Å². The lowest BCUT2D eigenvalue weighted by Gasteiger charge is -2.30. The second-order valence-electron chi connectivity index (χ2n) is 8.08. The third kappa shape index (κ3) is 8.32. The average Bonchev–Trinajstić information content (AvgIpc) is 3.17. The van der Waals surface area contributed by atoms with Gasteiger partial charge in [-0.3, -0.25) is 18.9 Å². The summed E-state index contributed by atoms with van der Waals surface area (Å²) in [4.78, 5) is 20.6. The Morgan fingerprint density at radius 3 is 2.66 bits per heavy atom. The lowest BCUT2D eigenvalue weighted by Crippen LogP contribution is -2.47. The van der Waals surface area contributed by atoms with E-state index in [2.05, 4.69) is 20.5 Å². The third-order valence-electron chi connectivity index (χ3n) is 5.85. The molecule has 0 bridgehead atoms. The molecule has 0 aromatic heterocycles. The normalized spacial score (nSPS) is 26.5. The molecule has 0 radical (unpaired) electrons. The number of amides is 1. The van der Waals surface area contributed by atoms with Crippen molar-refractivity contribution in [2.45, 2.75) is 69.2 Å². The van der Waals surface area contributed by atoms with Gasteiger partial charge in [-0.1, -0.05) is 13.3 Å². The molecule has 4 unspecified atom stereocenters. The van der Waals surface area contributed by atoms with Crippen LogP contribution in [0.25, 0.3) is 0 Å². The number of aliphatic imine (C=N–C) groups is 1. The molecule has 1 aliphatic heterocycles. The lowest BCUT2D eigenvalue weighted by molar-refractivity contribution is -0.133. The van der Waals surface area contributed by atoms with E-state index in [1.165, 1.54) is 0 Å². The van der Waals surface area contributed by atoms with Crippen LogP contribution in [0.2, 0.25) is 0 Å². The molecule has 1 heterocycles. The molecular formula is C20H40IN5O2S. The Morgan fingerprint density at radius 2 is 2.00 bits per heavy atom. The molecule has 2 rings (SSSR count). The zero-order chi connectivity index (χ0) is 20.5. The van der Waals surface area contributed by atoms with Crippen LogP contribution in [0.5, 0.6) is 0 Å². The largest absolute Gasteiger partial charge is 0.356 e. The topological polar surface area (TPSA) is 77.0 Å². The standard InChI is InChI=1S/C20H39N5O2S.HI/c1-5-28(27)17-10-6-9-16(15-17)23-20(21-2)22-12-8-14-25-13-7-11-18(25)19(26)24(3)4;/h16-18H,5-15H2,1-4H3,(H2,21,22,23);1H. The summed E-state index contributed by atoms with van der Waals surface area (Å²) in [5.74, 6) is 1.80. The molecule has 0 aromatic rings. The number of nitrogens with one attached hydrogen (secondary N) is 2. The molecule has 29 heavy (non-hydrogen) atoms. The Hall–Kier alpha value is -0.420. The molecule has 0 spiro atoms. The van der Waals surface area contributed by atoms with Gasteiger partial charge in [-0.2, -0.15) is 0 Å². The number of likely N-dealkylation sites (N-methyl/N-ethyl adjacent to an activating group) is 1. The van der Waals surface area contributed by atoms with Crippen LogP contribution in [-0.4, -0.2) is 89.7 Å². The lowest BCUT2D eigenvalue weighted by atomic mass is 9.95. The molecule has 170 valence electrons. The monoisotopic (exact) mass is 541 g/mol. The van der Waals surface area contributed by atoms with E-state index in [1.54, 1.807) is 11.9 Å². The predicted octanol–water partition coefficient (Wildman–Crippen LogP) is 1.79. The van der Waals surface area contributed by atoms with Crippen molar-refractivity contribution in [3.05, 3.63) is 0 Å². The number of halogens is 1. The molecule has 1 saturated heterocycles.